The summed E-state index contributed by atoms with van der Waals surface area (Å²) in [5.41, 5.74) is 1.77. The summed E-state index contributed by atoms with van der Waals surface area (Å²) in [6.45, 7) is 1.19. The molecular formula is C12H10BrNO3. The molecule has 0 fully saturated rings. The van der Waals surface area contributed by atoms with Crippen molar-refractivity contribution in [3.8, 4) is 22.8 Å². The summed E-state index contributed by atoms with van der Waals surface area (Å²) in [5.74, 6) is 2.34. The Balaban J connectivity index is 1.97. The molecule has 1 aliphatic rings. The lowest BCUT2D eigenvalue weighted by Gasteiger charge is -2.18. The first-order valence-electron chi connectivity index (χ1n) is 5.28. The Morgan fingerprint density at radius 3 is 2.71 bits per heavy atom. The van der Waals surface area contributed by atoms with Gasteiger partial charge >= 0.3 is 0 Å². The van der Waals surface area contributed by atoms with Crippen molar-refractivity contribution in [1.82, 2.24) is 5.16 Å². The third-order valence-electron chi connectivity index (χ3n) is 2.53. The van der Waals surface area contributed by atoms with Crippen LogP contribution in [-0.2, 0) is 5.33 Å². The molecule has 0 spiro atoms. The average Bonchev–Trinajstić information content (AvgIpc) is 2.87. The number of aromatic nitrogens is 1. The molecule has 1 aromatic heterocycles. The smallest absolute Gasteiger partial charge is 0.162 e. The van der Waals surface area contributed by atoms with Gasteiger partial charge in [0.1, 0.15) is 24.7 Å². The maximum atomic E-state index is 5.53. The topological polar surface area (TPSA) is 44.5 Å². The molecule has 2 heterocycles. The highest BCUT2D eigenvalue weighted by molar-refractivity contribution is 9.08. The van der Waals surface area contributed by atoms with Crippen LogP contribution in [0.4, 0.5) is 0 Å². The lowest BCUT2D eigenvalue weighted by molar-refractivity contribution is 0.171. The van der Waals surface area contributed by atoms with E-state index in [2.05, 4.69) is 21.1 Å². The molecule has 17 heavy (non-hydrogen) atoms. The molecule has 3 rings (SSSR count). The maximum Gasteiger partial charge on any atom is 0.162 e. The van der Waals surface area contributed by atoms with Gasteiger partial charge < -0.3 is 14.0 Å². The van der Waals surface area contributed by atoms with Crippen LogP contribution < -0.4 is 9.47 Å². The predicted molar refractivity (Wildman–Crippen MR) is 65.6 cm³/mol. The zero-order valence-corrected chi connectivity index (χ0v) is 10.6. The fraction of sp³-hybridized carbons (Fsp3) is 0.250. The van der Waals surface area contributed by atoms with Gasteiger partial charge in [-0.1, -0.05) is 21.1 Å². The number of nitrogens with zero attached hydrogens (tertiary/aromatic N) is 1. The van der Waals surface area contributed by atoms with E-state index in [9.17, 15) is 0 Å². The molecule has 0 atom stereocenters. The van der Waals surface area contributed by atoms with Crippen molar-refractivity contribution in [1.29, 1.82) is 0 Å². The van der Waals surface area contributed by atoms with E-state index >= 15 is 0 Å². The van der Waals surface area contributed by atoms with Crippen LogP contribution in [0.25, 0.3) is 11.3 Å². The van der Waals surface area contributed by atoms with Crippen LogP contribution in [0.3, 0.4) is 0 Å². The molecular weight excluding hydrogens is 286 g/mol. The van der Waals surface area contributed by atoms with Crippen LogP contribution in [0.15, 0.2) is 28.8 Å². The Morgan fingerprint density at radius 2 is 1.94 bits per heavy atom. The van der Waals surface area contributed by atoms with Crippen molar-refractivity contribution >= 4 is 15.9 Å². The van der Waals surface area contributed by atoms with E-state index in [1.165, 1.54) is 0 Å². The van der Waals surface area contributed by atoms with E-state index in [1.54, 1.807) is 0 Å². The molecule has 0 bridgehead atoms. The summed E-state index contributed by atoms with van der Waals surface area (Å²) in [4.78, 5) is 0. The number of alkyl halides is 1. The maximum absolute atomic E-state index is 5.53. The van der Waals surface area contributed by atoms with E-state index in [-0.39, 0.29) is 0 Å². The van der Waals surface area contributed by atoms with Crippen LogP contribution >= 0.6 is 15.9 Å². The van der Waals surface area contributed by atoms with E-state index < -0.39 is 0 Å². The first-order valence-corrected chi connectivity index (χ1v) is 6.40. The number of benzene rings is 1. The number of ether oxygens (including phenoxy) is 2. The van der Waals surface area contributed by atoms with Gasteiger partial charge in [0.15, 0.2) is 11.5 Å². The Labute approximate surface area is 107 Å². The summed E-state index contributed by atoms with van der Waals surface area (Å²) >= 11 is 3.33. The van der Waals surface area contributed by atoms with Crippen molar-refractivity contribution in [2.75, 3.05) is 13.2 Å². The molecule has 1 aliphatic heterocycles. The lowest BCUT2D eigenvalue weighted by atomic mass is 10.1. The molecule has 0 saturated heterocycles. The number of hydrogen-bond acceptors (Lipinski definition) is 4. The van der Waals surface area contributed by atoms with Crippen molar-refractivity contribution in [3.63, 3.8) is 0 Å². The van der Waals surface area contributed by atoms with Gasteiger partial charge in [0.2, 0.25) is 0 Å². The average molecular weight is 296 g/mol. The second-order valence-corrected chi connectivity index (χ2v) is 4.23. The molecule has 4 nitrogen and oxygen atoms in total. The molecule has 0 radical (unpaired) electrons. The minimum absolute atomic E-state index is 0.585. The van der Waals surface area contributed by atoms with Crippen molar-refractivity contribution in [3.05, 3.63) is 30.0 Å². The zero-order valence-electron chi connectivity index (χ0n) is 8.98. The summed E-state index contributed by atoms with van der Waals surface area (Å²) in [5, 5.41) is 4.66. The van der Waals surface area contributed by atoms with Crippen molar-refractivity contribution in [2.45, 2.75) is 5.33 Å². The first kappa shape index (κ1) is 10.7. The normalized spacial score (nSPS) is 13.7. The first-order chi connectivity index (χ1) is 8.36. The zero-order chi connectivity index (χ0) is 11.7. The number of fused-ring (bicyclic) bond motifs is 1. The van der Waals surface area contributed by atoms with E-state index in [4.69, 9.17) is 14.0 Å². The van der Waals surface area contributed by atoms with Gasteiger partial charge in [0.25, 0.3) is 0 Å². The summed E-state index contributed by atoms with van der Waals surface area (Å²) in [6.07, 6.45) is 0. The minimum Gasteiger partial charge on any atom is -0.486 e. The second-order valence-electron chi connectivity index (χ2n) is 3.67. The number of halogens is 1. The molecule has 0 saturated carbocycles. The highest BCUT2D eigenvalue weighted by atomic mass is 79.9. The van der Waals surface area contributed by atoms with Gasteiger partial charge in [0.05, 0.1) is 5.33 Å². The molecule has 0 N–H and O–H groups in total. The molecule has 2 aromatic rings. The fourth-order valence-corrected chi connectivity index (χ4v) is 1.98. The third kappa shape index (κ3) is 2.02. The SMILES string of the molecule is BrCc1cc(-c2ccc3c(c2)OCCO3)no1. The van der Waals surface area contributed by atoms with Gasteiger partial charge in [-0.3, -0.25) is 0 Å². The number of hydrogen-bond donors (Lipinski definition) is 0. The fourth-order valence-electron chi connectivity index (χ4n) is 1.71. The highest BCUT2D eigenvalue weighted by Crippen LogP contribution is 2.34. The van der Waals surface area contributed by atoms with Crippen LogP contribution in [0.2, 0.25) is 0 Å². The quantitative estimate of drug-likeness (QED) is 0.799. The molecule has 1 aromatic carbocycles. The lowest BCUT2D eigenvalue weighted by Crippen LogP contribution is -2.15. The predicted octanol–water partition coefficient (Wildman–Crippen LogP) is 3.01. The molecule has 0 amide bonds. The monoisotopic (exact) mass is 295 g/mol. The Bertz CT molecular complexity index is 538. The Kier molecular flexibility index (Phi) is 2.76. The van der Waals surface area contributed by atoms with Crippen LogP contribution in [0.5, 0.6) is 11.5 Å². The van der Waals surface area contributed by atoms with Gasteiger partial charge in [-0.15, -0.1) is 0 Å². The summed E-state index contributed by atoms with van der Waals surface area (Å²) < 4.78 is 16.1. The van der Waals surface area contributed by atoms with Gasteiger partial charge in [-0.05, 0) is 18.2 Å². The minimum atomic E-state index is 0.585. The third-order valence-corrected chi connectivity index (χ3v) is 3.08. The van der Waals surface area contributed by atoms with Gasteiger partial charge in [0, 0.05) is 11.6 Å². The van der Waals surface area contributed by atoms with Crippen LogP contribution in [-0.4, -0.2) is 18.4 Å². The van der Waals surface area contributed by atoms with Gasteiger partial charge in [-0.2, -0.15) is 0 Å². The largest absolute Gasteiger partial charge is 0.486 e. The van der Waals surface area contributed by atoms with Gasteiger partial charge in [-0.25, -0.2) is 0 Å². The molecule has 88 valence electrons. The molecule has 0 aliphatic carbocycles. The highest BCUT2D eigenvalue weighted by Gasteiger charge is 2.14. The standard InChI is InChI=1S/C12H10BrNO3/c13-7-9-6-10(14-17-9)8-1-2-11-12(5-8)16-4-3-15-11/h1-2,5-6H,3-4,7H2. The Morgan fingerprint density at radius 1 is 1.12 bits per heavy atom. The second kappa shape index (κ2) is 4.41. The van der Waals surface area contributed by atoms with E-state index in [1.807, 2.05) is 24.3 Å². The van der Waals surface area contributed by atoms with Crippen LogP contribution in [0, 0.1) is 0 Å². The van der Waals surface area contributed by atoms with E-state index in [0.717, 1.165) is 28.5 Å². The molecule has 0 unspecified atom stereocenters. The summed E-state index contributed by atoms with van der Waals surface area (Å²) in [6, 6.07) is 7.67. The van der Waals surface area contributed by atoms with Crippen molar-refractivity contribution < 1.29 is 14.0 Å². The van der Waals surface area contributed by atoms with E-state index in [0.29, 0.717) is 18.5 Å². The Hall–Kier alpha value is -1.49. The summed E-state index contributed by atoms with van der Waals surface area (Å²) in [7, 11) is 0. The molecule has 5 heteroatoms. The number of rotatable bonds is 2. The van der Waals surface area contributed by atoms with Crippen molar-refractivity contribution in [2.24, 2.45) is 0 Å². The van der Waals surface area contributed by atoms with Crippen LogP contribution in [0.1, 0.15) is 5.76 Å².